The molecule has 1 amide bonds. The van der Waals surface area contributed by atoms with Gasteiger partial charge < -0.3 is 14.8 Å². The number of rotatable bonds is 6. The third-order valence-corrected chi connectivity index (χ3v) is 3.67. The number of esters is 2. The molecule has 2 aromatic carbocycles. The predicted molar refractivity (Wildman–Crippen MR) is 96.8 cm³/mol. The maximum atomic E-state index is 12.5. The van der Waals surface area contributed by atoms with Gasteiger partial charge in [-0.15, -0.1) is 0 Å². The zero-order valence-electron chi connectivity index (χ0n) is 15.0. The molecule has 0 bridgehead atoms. The molecule has 12 heteroatoms. The number of non-ortho nitro benzene ring substituents is 1. The van der Waals surface area contributed by atoms with Crippen molar-refractivity contribution in [2.24, 2.45) is 0 Å². The van der Waals surface area contributed by atoms with Gasteiger partial charge in [0.1, 0.15) is 5.56 Å². The van der Waals surface area contributed by atoms with Gasteiger partial charge in [-0.2, -0.15) is 0 Å². The topological polar surface area (TPSA) is 168 Å². The third-order valence-electron chi connectivity index (χ3n) is 3.67. The molecule has 1 N–H and O–H groups in total. The van der Waals surface area contributed by atoms with E-state index in [0.29, 0.717) is 6.07 Å². The van der Waals surface area contributed by atoms with E-state index in [2.05, 4.69) is 14.8 Å². The Morgan fingerprint density at radius 1 is 0.862 bits per heavy atom. The fourth-order valence-electron chi connectivity index (χ4n) is 2.35. The molecule has 0 atom stereocenters. The molecule has 0 aliphatic rings. The van der Waals surface area contributed by atoms with Crippen LogP contribution in [-0.2, 0) is 9.47 Å². The molecule has 2 aromatic rings. The second-order valence-corrected chi connectivity index (χ2v) is 5.45. The fourth-order valence-corrected chi connectivity index (χ4v) is 2.35. The number of nitrogens with one attached hydrogen (secondary N) is 1. The summed E-state index contributed by atoms with van der Waals surface area (Å²) in [4.78, 5) is 56.3. The lowest BCUT2D eigenvalue weighted by Crippen LogP contribution is -2.16. The lowest BCUT2D eigenvalue weighted by Gasteiger charge is -2.10. The highest BCUT2D eigenvalue weighted by molar-refractivity contribution is 6.08. The maximum absolute atomic E-state index is 12.5. The molecule has 12 nitrogen and oxygen atoms in total. The summed E-state index contributed by atoms with van der Waals surface area (Å²) in [5.41, 5.74) is -2.01. The van der Waals surface area contributed by atoms with E-state index in [1.807, 2.05) is 0 Å². The summed E-state index contributed by atoms with van der Waals surface area (Å²) in [5.74, 6) is -2.58. The summed E-state index contributed by atoms with van der Waals surface area (Å²) >= 11 is 0. The van der Waals surface area contributed by atoms with Gasteiger partial charge in [0.15, 0.2) is 0 Å². The van der Waals surface area contributed by atoms with Crippen molar-refractivity contribution < 1.29 is 33.7 Å². The van der Waals surface area contributed by atoms with Crippen molar-refractivity contribution in [2.75, 3.05) is 19.5 Å². The molecule has 0 fully saturated rings. The number of nitro benzene ring substituents is 2. The van der Waals surface area contributed by atoms with Gasteiger partial charge in [-0.1, -0.05) is 0 Å². The van der Waals surface area contributed by atoms with Gasteiger partial charge in [0, 0.05) is 11.8 Å². The Hall–Kier alpha value is -4.35. The van der Waals surface area contributed by atoms with Gasteiger partial charge in [0.05, 0.1) is 41.3 Å². The first-order chi connectivity index (χ1) is 13.7. The Bertz CT molecular complexity index is 999. The van der Waals surface area contributed by atoms with Crippen molar-refractivity contribution in [2.45, 2.75) is 0 Å². The van der Waals surface area contributed by atoms with Crippen molar-refractivity contribution in [3.63, 3.8) is 0 Å². The first-order valence-electron chi connectivity index (χ1n) is 7.73. The van der Waals surface area contributed by atoms with E-state index in [4.69, 9.17) is 0 Å². The molecular weight excluding hydrogens is 390 g/mol. The highest BCUT2D eigenvalue weighted by Gasteiger charge is 2.25. The third kappa shape index (κ3) is 4.68. The SMILES string of the molecule is COC(=O)c1cc(NC(=O)c2ccc([N+](=O)[O-])cc2[N+](=O)[O-])cc(C(=O)OC)c1. The van der Waals surface area contributed by atoms with Crippen molar-refractivity contribution in [3.05, 3.63) is 73.3 Å². The maximum Gasteiger partial charge on any atom is 0.337 e. The Morgan fingerprint density at radius 2 is 1.41 bits per heavy atom. The monoisotopic (exact) mass is 403 g/mol. The number of benzene rings is 2. The van der Waals surface area contributed by atoms with E-state index in [-0.39, 0.29) is 16.8 Å². The summed E-state index contributed by atoms with van der Waals surface area (Å²) in [7, 11) is 2.23. The van der Waals surface area contributed by atoms with Gasteiger partial charge in [-0.3, -0.25) is 25.0 Å². The molecule has 0 aliphatic carbocycles. The number of carbonyl (C=O) groups is 3. The van der Waals surface area contributed by atoms with E-state index in [1.165, 1.54) is 18.2 Å². The number of hydrogen-bond acceptors (Lipinski definition) is 9. The molecule has 0 unspecified atom stereocenters. The van der Waals surface area contributed by atoms with Crippen LogP contribution in [0.4, 0.5) is 17.1 Å². The summed E-state index contributed by atoms with van der Waals surface area (Å²) in [6.07, 6.45) is 0. The average Bonchev–Trinajstić information content (AvgIpc) is 2.71. The highest BCUT2D eigenvalue weighted by atomic mass is 16.6. The zero-order chi connectivity index (χ0) is 21.7. The van der Waals surface area contributed by atoms with Crippen LogP contribution in [0.25, 0.3) is 0 Å². The van der Waals surface area contributed by atoms with E-state index >= 15 is 0 Å². The minimum Gasteiger partial charge on any atom is -0.465 e. The number of hydrogen-bond donors (Lipinski definition) is 1. The quantitative estimate of drug-likeness (QED) is 0.432. The number of amides is 1. The van der Waals surface area contributed by atoms with Crippen LogP contribution in [0.15, 0.2) is 36.4 Å². The van der Waals surface area contributed by atoms with Crippen LogP contribution in [0.1, 0.15) is 31.1 Å². The molecule has 29 heavy (non-hydrogen) atoms. The molecular formula is C17H13N3O9. The normalized spacial score (nSPS) is 10.0. The summed E-state index contributed by atoms with van der Waals surface area (Å²) in [6, 6.07) is 6.08. The first kappa shape index (κ1) is 21.0. The van der Waals surface area contributed by atoms with E-state index in [0.717, 1.165) is 26.4 Å². The molecule has 0 radical (unpaired) electrons. The smallest absolute Gasteiger partial charge is 0.337 e. The lowest BCUT2D eigenvalue weighted by atomic mass is 10.1. The first-order valence-corrected chi connectivity index (χ1v) is 7.73. The predicted octanol–water partition coefficient (Wildman–Crippen LogP) is 2.33. The number of methoxy groups -OCH3 is 2. The second-order valence-electron chi connectivity index (χ2n) is 5.45. The summed E-state index contributed by atoms with van der Waals surface area (Å²) in [6.45, 7) is 0. The zero-order valence-corrected chi connectivity index (χ0v) is 15.0. The standard InChI is InChI=1S/C17H13N3O9/c1-28-16(22)9-5-10(17(23)29-2)7-11(6-9)18-15(21)13-4-3-12(19(24)25)8-14(13)20(26)27/h3-8H,1-2H3,(H,18,21). The minimum absolute atomic E-state index is 0.0500. The Morgan fingerprint density at radius 3 is 1.86 bits per heavy atom. The van der Waals surface area contributed by atoms with Crippen LogP contribution in [0.2, 0.25) is 0 Å². The molecule has 150 valence electrons. The summed E-state index contributed by atoms with van der Waals surface area (Å²) < 4.78 is 9.16. The van der Waals surface area contributed by atoms with E-state index in [9.17, 15) is 34.6 Å². The molecule has 0 aromatic heterocycles. The van der Waals surface area contributed by atoms with Crippen LogP contribution in [0.5, 0.6) is 0 Å². The van der Waals surface area contributed by atoms with Crippen molar-refractivity contribution in [1.29, 1.82) is 0 Å². The van der Waals surface area contributed by atoms with Gasteiger partial charge in [-0.05, 0) is 24.3 Å². The Labute approximate surface area is 162 Å². The largest absolute Gasteiger partial charge is 0.465 e. The molecule has 2 rings (SSSR count). The van der Waals surface area contributed by atoms with Crippen LogP contribution in [-0.4, -0.2) is 41.9 Å². The van der Waals surface area contributed by atoms with Crippen molar-refractivity contribution in [3.8, 4) is 0 Å². The van der Waals surface area contributed by atoms with E-state index in [1.54, 1.807) is 0 Å². The van der Waals surface area contributed by atoms with Crippen molar-refractivity contribution in [1.82, 2.24) is 0 Å². The highest BCUT2D eigenvalue weighted by Crippen LogP contribution is 2.26. The number of nitrogens with zero attached hydrogens (tertiary/aromatic N) is 2. The molecule has 0 aliphatic heterocycles. The van der Waals surface area contributed by atoms with Gasteiger partial charge >= 0.3 is 11.9 Å². The fraction of sp³-hybridized carbons (Fsp3) is 0.118. The van der Waals surface area contributed by atoms with Gasteiger partial charge in [-0.25, -0.2) is 9.59 Å². The number of anilines is 1. The number of ether oxygens (including phenoxy) is 2. The molecule has 0 spiro atoms. The van der Waals surface area contributed by atoms with Crippen molar-refractivity contribution >= 4 is 34.9 Å². The van der Waals surface area contributed by atoms with Crippen LogP contribution >= 0.6 is 0 Å². The Balaban J connectivity index is 2.47. The molecule has 0 saturated carbocycles. The van der Waals surface area contributed by atoms with Gasteiger partial charge in [0.2, 0.25) is 0 Å². The number of carbonyl (C=O) groups excluding carboxylic acids is 3. The minimum atomic E-state index is -0.982. The lowest BCUT2D eigenvalue weighted by molar-refractivity contribution is -0.394. The summed E-state index contributed by atoms with van der Waals surface area (Å²) in [5, 5.41) is 24.3. The van der Waals surface area contributed by atoms with Gasteiger partial charge in [0.25, 0.3) is 17.3 Å². The second kappa shape index (κ2) is 8.56. The molecule has 0 heterocycles. The van der Waals surface area contributed by atoms with Crippen LogP contribution in [0, 0.1) is 20.2 Å². The van der Waals surface area contributed by atoms with E-state index < -0.39 is 44.6 Å². The molecule has 0 saturated heterocycles. The Kier molecular flexibility index (Phi) is 6.19. The average molecular weight is 403 g/mol. The van der Waals surface area contributed by atoms with Crippen LogP contribution < -0.4 is 5.32 Å². The van der Waals surface area contributed by atoms with Crippen LogP contribution in [0.3, 0.4) is 0 Å². The number of nitro groups is 2.